The normalized spacial score (nSPS) is 12.9. The number of rotatable bonds is 4. The van der Waals surface area contributed by atoms with E-state index < -0.39 is 0 Å². The van der Waals surface area contributed by atoms with E-state index in [1.54, 1.807) is 0 Å². The molecule has 0 atom stereocenters. The third-order valence-corrected chi connectivity index (χ3v) is 11.0. The van der Waals surface area contributed by atoms with Crippen molar-refractivity contribution >= 4 is 32.7 Å². The van der Waals surface area contributed by atoms with Crippen LogP contribution in [0.2, 0.25) is 0 Å². The highest BCUT2D eigenvalue weighted by Crippen LogP contribution is 2.53. The Balaban J connectivity index is 1.31. The summed E-state index contributed by atoms with van der Waals surface area (Å²) >= 11 is 0. The standard InChI is InChI=1S/C49H33N3/c1-49(2)42-21-11-8-18-37(42)39-24-25-46-47(48(39)49)40-20-10-13-23-45(40)52(46)35-27-33(36-17-7-6-16-32(36)30-50)26-34(28-35)41-29-44(31-14-4-3-5-15-31)51-43-22-12-9-19-38(41)43/h3-29H,1-2H3. The van der Waals surface area contributed by atoms with Crippen LogP contribution in [0.5, 0.6) is 0 Å². The fourth-order valence-electron chi connectivity index (χ4n) is 8.66. The van der Waals surface area contributed by atoms with Gasteiger partial charge in [0.15, 0.2) is 0 Å². The molecule has 3 heteroatoms. The summed E-state index contributed by atoms with van der Waals surface area (Å²) in [6, 6.07) is 60.4. The third-order valence-electron chi connectivity index (χ3n) is 11.0. The SMILES string of the molecule is CC1(C)c2ccccc2-c2ccc3c(c21)c1ccccc1n3-c1cc(-c2ccccc2C#N)cc(-c2cc(-c3ccccc3)nc3ccccc23)c1. The molecular weight excluding hydrogens is 631 g/mol. The molecule has 0 bridgehead atoms. The van der Waals surface area contributed by atoms with Gasteiger partial charge in [-0.2, -0.15) is 5.26 Å². The summed E-state index contributed by atoms with van der Waals surface area (Å²) in [5.74, 6) is 0. The summed E-state index contributed by atoms with van der Waals surface area (Å²) in [5, 5.41) is 13.9. The summed E-state index contributed by atoms with van der Waals surface area (Å²) < 4.78 is 2.42. The van der Waals surface area contributed by atoms with Crippen molar-refractivity contribution in [2.45, 2.75) is 19.3 Å². The molecule has 52 heavy (non-hydrogen) atoms. The van der Waals surface area contributed by atoms with Gasteiger partial charge in [0.25, 0.3) is 0 Å². The van der Waals surface area contributed by atoms with E-state index in [9.17, 15) is 5.26 Å². The van der Waals surface area contributed by atoms with Crippen molar-refractivity contribution in [1.82, 2.24) is 9.55 Å². The molecule has 0 saturated heterocycles. The number of pyridine rings is 1. The minimum Gasteiger partial charge on any atom is -0.309 e. The van der Waals surface area contributed by atoms with Crippen molar-refractivity contribution in [2.24, 2.45) is 0 Å². The van der Waals surface area contributed by atoms with Gasteiger partial charge < -0.3 is 4.57 Å². The summed E-state index contributed by atoms with van der Waals surface area (Å²) in [6.45, 7) is 4.72. The number of nitriles is 1. The number of benzene rings is 7. The second-order valence-corrected chi connectivity index (χ2v) is 14.3. The van der Waals surface area contributed by atoms with Gasteiger partial charge in [0.1, 0.15) is 0 Å². The highest BCUT2D eigenvalue weighted by Gasteiger charge is 2.38. The van der Waals surface area contributed by atoms with Crippen LogP contribution in [0.3, 0.4) is 0 Å². The molecule has 3 nitrogen and oxygen atoms in total. The Morgan fingerprint density at radius 1 is 0.538 bits per heavy atom. The highest BCUT2D eigenvalue weighted by molar-refractivity contribution is 6.14. The first kappa shape index (κ1) is 30.1. The minimum absolute atomic E-state index is 0.164. The fourth-order valence-corrected chi connectivity index (χ4v) is 8.66. The Kier molecular flexibility index (Phi) is 6.59. The Bertz CT molecular complexity index is 2940. The third kappa shape index (κ3) is 4.41. The molecule has 244 valence electrons. The molecule has 0 fully saturated rings. The lowest BCUT2D eigenvalue weighted by Crippen LogP contribution is -2.15. The first-order chi connectivity index (χ1) is 25.5. The molecule has 0 radical (unpaired) electrons. The van der Waals surface area contributed by atoms with E-state index in [-0.39, 0.29) is 5.41 Å². The van der Waals surface area contributed by atoms with Crippen LogP contribution in [0.25, 0.3) is 83.0 Å². The van der Waals surface area contributed by atoms with Crippen molar-refractivity contribution < 1.29 is 0 Å². The zero-order valence-corrected chi connectivity index (χ0v) is 28.9. The lowest BCUT2D eigenvalue weighted by Gasteiger charge is -2.22. The summed E-state index contributed by atoms with van der Waals surface area (Å²) in [6.07, 6.45) is 0. The summed E-state index contributed by atoms with van der Waals surface area (Å²) in [7, 11) is 0. The van der Waals surface area contributed by atoms with Crippen LogP contribution in [0.15, 0.2) is 164 Å². The predicted molar refractivity (Wildman–Crippen MR) is 215 cm³/mol. The smallest absolute Gasteiger partial charge is 0.0998 e. The number of fused-ring (bicyclic) bond motifs is 8. The van der Waals surface area contributed by atoms with E-state index >= 15 is 0 Å². The van der Waals surface area contributed by atoms with Crippen LogP contribution in [-0.4, -0.2) is 9.55 Å². The van der Waals surface area contributed by atoms with Gasteiger partial charge in [0.2, 0.25) is 0 Å². The van der Waals surface area contributed by atoms with Crippen LogP contribution < -0.4 is 0 Å². The number of aromatic nitrogens is 2. The second-order valence-electron chi connectivity index (χ2n) is 14.3. The quantitative estimate of drug-likeness (QED) is 0.188. The van der Waals surface area contributed by atoms with Crippen LogP contribution in [-0.2, 0) is 5.41 Å². The molecular formula is C49H33N3. The molecule has 1 aliphatic rings. The Morgan fingerprint density at radius 2 is 1.21 bits per heavy atom. The Morgan fingerprint density at radius 3 is 2.04 bits per heavy atom. The monoisotopic (exact) mass is 663 g/mol. The van der Waals surface area contributed by atoms with Gasteiger partial charge in [0.05, 0.1) is 33.9 Å². The molecule has 1 aliphatic carbocycles. The van der Waals surface area contributed by atoms with Crippen molar-refractivity contribution in [1.29, 1.82) is 5.26 Å². The molecule has 2 aromatic heterocycles. The molecule has 7 aromatic carbocycles. The van der Waals surface area contributed by atoms with E-state index in [4.69, 9.17) is 4.98 Å². The van der Waals surface area contributed by atoms with E-state index in [0.717, 1.165) is 55.6 Å². The molecule has 9 aromatic rings. The molecule has 0 saturated carbocycles. The van der Waals surface area contributed by atoms with E-state index in [1.165, 1.54) is 38.5 Å². The largest absolute Gasteiger partial charge is 0.309 e. The zero-order valence-electron chi connectivity index (χ0n) is 28.9. The van der Waals surface area contributed by atoms with Gasteiger partial charge in [-0.25, -0.2) is 4.98 Å². The number of nitrogens with zero attached hydrogens (tertiary/aromatic N) is 3. The minimum atomic E-state index is -0.164. The fraction of sp³-hybridized carbons (Fsp3) is 0.0612. The molecule has 10 rings (SSSR count). The van der Waals surface area contributed by atoms with Gasteiger partial charge >= 0.3 is 0 Å². The van der Waals surface area contributed by atoms with Gasteiger partial charge in [-0.15, -0.1) is 0 Å². The van der Waals surface area contributed by atoms with Crippen LogP contribution in [0.4, 0.5) is 0 Å². The zero-order chi connectivity index (χ0) is 35.0. The summed E-state index contributed by atoms with van der Waals surface area (Å²) in [5.41, 5.74) is 16.2. The Hall–Kier alpha value is -6.76. The van der Waals surface area contributed by atoms with Gasteiger partial charge in [-0.1, -0.05) is 129 Å². The van der Waals surface area contributed by atoms with E-state index in [0.29, 0.717) is 5.56 Å². The Labute approximate surface area is 302 Å². The molecule has 0 amide bonds. The summed E-state index contributed by atoms with van der Waals surface area (Å²) in [4.78, 5) is 5.11. The predicted octanol–water partition coefficient (Wildman–Crippen LogP) is 12.5. The number of hydrogen-bond donors (Lipinski definition) is 0. The molecule has 0 spiro atoms. The molecule has 2 heterocycles. The topological polar surface area (TPSA) is 41.6 Å². The lowest BCUT2D eigenvalue weighted by atomic mass is 9.80. The van der Waals surface area contributed by atoms with Crippen LogP contribution >= 0.6 is 0 Å². The van der Waals surface area contributed by atoms with Crippen molar-refractivity contribution in [3.05, 3.63) is 180 Å². The van der Waals surface area contributed by atoms with Crippen LogP contribution in [0, 0.1) is 11.3 Å². The molecule has 0 N–H and O–H groups in total. The van der Waals surface area contributed by atoms with E-state index in [2.05, 4.69) is 164 Å². The second kappa shape index (κ2) is 11.4. The number of hydrogen-bond acceptors (Lipinski definition) is 2. The maximum Gasteiger partial charge on any atom is 0.0998 e. The molecule has 0 aliphatic heterocycles. The highest BCUT2D eigenvalue weighted by atomic mass is 15.0. The van der Waals surface area contributed by atoms with Gasteiger partial charge in [-0.3, -0.25) is 0 Å². The van der Waals surface area contributed by atoms with E-state index in [1.807, 2.05) is 24.3 Å². The maximum atomic E-state index is 10.3. The van der Waals surface area contributed by atoms with Gasteiger partial charge in [0, 0.05) is 32.8 Å². The number of para-hydroxylation sites is 2. The van der Waals surface area contributed by atoms with Crippen molar-refractivity contribution in [3.8, 4) is 56.4 Å². The molecule has 0 unspecified atom stereocenters. The van der Waals surface area contributed by atoms with Crippen molar-refractivity contribution in [3.63, 3.8) is 0 Å². The maximum absolute atomic E-state index is 10.3. The first-order valence-corrected chi connectivity index (χ1v) is 17.8. The average molecular weight is 664 g/mol. The van der Waals surface area contributed by atoms with Crippen LogP contribution in [0.1, 0.15) is 30.5 Å². The average Bonchev–Trinajstić information content (AvgIpc) is 3.66. The first-order valence-electron chi connectivity index (χ1n) is 17.8. The van der Waals surface area contributed by atoms with Crippen molar-refractivity contribution in [2.75, 3.05) is 0 Å². The van der Waals surface area contributed by atoms with Gasteiger partial charge in [-0.05, 0) is 93.0 Å². The lowest BCUT2D eigenvalue weighted by molar-refractivity contribution is 0.666.